The number of rotatable bonds is 6. The Morgan fingerprint density at radius 3 is 1.22 bits per heavy atom. The van der Waals surface area contributed by atoms with Crippen LogP contribution in [0.5, 0.6) is 0 Å². The molecule has 0 bridgehead atoms. The lowest BCUT2D eigenvalue weighted by Crippen LogP contribution is -2.68. The summed E-state index contributed by atoms with van der Waals surface area (Å²) in [4.78, 5) is 5.47. The molecule has 8 heteroatoms. The molecule has 0 N–H and O–H groups in total. The van der Waals surface area contributed by atoms with Crippen molar-refractivity contribution in [2.75, 3.05) is 0 Å². The Morgan fingerprint density at radius 2 is 0.829 bits per heavy atom. The molecule has 5 aromatic carbocycles. The lowest BCUT2D eigenvalue weighted by atomic mass is 10.2. The second-order valence-corrected chi connectivity index (χ2v) is 13.2. The van der Waals surface area contributed by atoms with Crippen LogP contribution in [0.25, 0.3) is 17.1 Å². The zero-order valence-corrected chi connectivity index (χ0v) is 23.5. The van der Waals surface area contributed by atoms with Gasteiger partial charge in [-0.1, -0.05) is 103 Å². The van der Waals surface area contributed by atoms with Gasteiger partial charge in [0, 0.05) is 11.3 Å². The van der Waals surface area contributed by atoms with E-state index < -0.39 is 17.5 Å². The van der Waals surface area contributed by atoms with Crippen LogP contribution in [0.15, 0.2) is 158 Å². The quantitative estimate of drug-likeness (QED) is 0.277. The van der Waals surface area contributed by atoms with Crippen molar-refractivity contribution in [1.29, 1.82) is 0 Å². The molecule has 0 spiro atoms. The number of halogens is 1. The summed E-state index contributed by atoms with van der Waals surface area (Å²) in [6.45, 7) is 0. The molecule has 0 atom stereocenters. The third-order valence-electron chi connectivity index (χ3n) is 6.53. The fourth-order valence-electron chi connectivity index (χ4n) is 4.90. The summed E-state index contributed by atoms with van der Waals surface area (Å²) in [6, 6.07) is 53.7. The molecule has 0 saturated heterocycles. The van der Waals surface area contributed by atoms with Crippen LogP contribution in [-0.4, -0.2) is 9.55 Å². The maximum absolute atomic E-state index is 8.49. The van der Waals surface area contributed by atoms with E-state index >= 15 is 0 Å². The average Bonchev–Trinajstić information content (AvgIpc) is 3.45. The molecule has 204 valence electrons. The highest BCUT2D eigenvalue weighted by atomic mass is 35.7. The van der Waals surface area contributed by atoms with Gasteiger partial charge in [-0.3, -0.25) is 4.57 Å². The van der Waals surface area contributed by atoms with Gasteiger partial charge in [-0.25, -0.2) is 18.6 Å². The van der Waals surface area contributed by atoms with Gasteiger partial charge in [0.05, 0.1) is 6.20 Å². The van der Waals surface area contributed by atoms with Crippen molar-refractivity contribution in [3.8, 4) is 17.1 Å². The minimum Gasteiger partial charge on any atom is -0.296 e. The Hall–Kier alpha value is -4.13. The van der Waals surface area contributed by atoms with Crippen LogP contribution >= 0.6 is 7.26 Å². The van der Waals surface area contributed by atoms with E-state index in [1.165, 1.54) is 15.9 Å². The summed E-state index contributed by atoms with van der Waals surface area (Å²) in [6.07, 6.45) is 2.26. The predicted octanol–water partition coefficient (Wildman–Crippen LogP) is 1.40. The second kappa shape index (κ2) is 12.6. The van der Waals surface area contributed by atoms with Gasteiger partial charge in [-0.2, -0.15) is 4.98 Å². The molecule has 0 aliphatic heterocycles. The van der Waals surface area contributed by atoms with Crippen LogP contribution in [0.3, 0.4) is 0 Å². The Balaban J connectivity index is 0.000000623. The van der Waals surface area contributed by atoms with Gasteiger partial charge >= 0.3 is 0 Å². The maximum atomic E-state index is 8.49. The standard InChI is InChI=1S/C33H26N2P.ClHO4/c1-6-16-27(17-7-1)33-34-32(26-35(33)28-18-8-2-9-19-28)36(29-20-10-3-11-21-29,30-22-12-4-13-23-30)31-24-14-5-15-25-31;2-1(3,4)5/h1-26H;(H,2,3,4,5)/q+1;/p-1. The van der Waals surface area contributed by atoms with Crippen LogP contribution in [0.4, 0.5) is 0 Å². The summed E-state index contributed by atoms with van der Waals surface area (Å²) in [5.74, 6) is 0.948. The van der Waals surface area contributed by atoms with E-state index in [0.717, 1.165) is 22.5 Å². The zero-order valence-electron chi connectivity index (χ0n) is 21.9. The van der Waals surface area contributed by atoms with Crippen LogP contribution in [-0.2, 0) is 0 Å². The first-order chi connectivity index (χ1) is 19.9. The van der Waals surface area contributed by atoms with Crippen LogP contribution in [0.1, 0.15) is 0 Å². The highest BCUT2D eigenvalue weighted by Gasteiger charge is 2.50. The first-order valence-corrected chi connectivity index (χ1v) is 15.8. The number of benzene rings is 5. The molecule has 0 radical (unpaired) electrons. The number of imidazole rings is 1. The predicted molar refractivity (Wildman–Crippen MR) is 154 cm³/mol. The largest absolute Gasteiger partial charge is 0.296 e. The monoisotopic (exact) mass is 580 g/mol. The third-order valence-corrected chi connectivity index (χ3v) is 10.7. The van der Waals surface area contributed by atoms with E-state index in [1.54, 1.807) is 0 Å². The number of aromatic nitrogens is 2. The van der Waals surface area contributed by atoms with Crippen molar-refractivity contribution in [2.45, 2.75) is 0 Å². The number of hydrogen-bond acceptors (Lipinski definition) is 5. The van der Waals surface area contributed by atoms with Gasteiger partial charge in [0.1, 0.15) is 21.7 Å². The molecular weight excluding hydrogens is 555 g/mol. The van der Waals surface area contributed by atoms with Gasteiger partial charge in [0.2, 0.25) is 5.44 Å². The third kappa shape index (κ3) is 6.45. The van der Waals surface area contributed by atoms with Crippen molar-refractivity contribution in [3.05, 3.63) is 158 Å². The van der Waals surface area contributed by atoms with E-state index in [4.69, 9.17) is 23.6 Å². The van der Waals surface area contributed by atoms with Crippen LogP contribution in [0, 0.1) is 10.2 Å². The summed E-state index contributed by atoms with van der Waals surface area (Å²) >= 11 is 0. The topological polar surface area (TPSA) is 110 Å². The summed E-state index contributed by atoms with van der Waals surface area (Å²) in [5.41, 5.74) is 3.29. The lowest BCUT2D eigenvalue weighted by Gasteiger charge is -2.25. The van der Waals surface area contributed by atoms with Gasteiger partial charge in [-0.15, -0.1) is 10.2 Å². The van der Waals surface area contributed by atoms with Crippen LogP contribution in [0.2, 0.25) is 0 Å². The highest BCUT2D eigenvalue weighted by molar-refractivity contribution is 8.01. The molecule has 0 amide bonds. The fraction of sp³-hybridized carbons (Fsp3) is 0. The van der Waals surface area contributed by atoms with Gasteiger partial charge in [0.15, 0.2) is 7.26 Å². The smallest absolute Gasteiger partial charge is 0.216 e. The Morgan fingerprint density at radius 1 is 0.488 bits per heavy atom. The van der Waals surface area contributed by atoms with E-state index in [1.807, 2.05) is 0 Å². The molecule has 6 nitrogen and oxygen atoms in total. The molecule has 0 aliphatic rings. The van der Waals surface area contributed by atoms with Gasteiger partial charge < -0.3 is 0 Å². The SMILES string of the molecule is [O-][Cl+3]([O-])([O-])[O-].c1ccc(-c2nc([P+](c3ccccc3)(c3ccccc3)c3ccccc3)cn2-c2ccccc2)cc1. The molecule has 6 aromatic rings. The van der Waals surface area contributed by atoms with Gasteiger partial charge in [-0.05, 0) is 48.5 Å². The van der Waals surface area contributed by atoms with E-state index in [0.29, 0.717) is 0 Å². The average molecular weight is 581 g/mol. The Kier molecular flexibility index (Phi) is 8.72. The van der Waals surface area contributed by atoms with E-state index in [9.17, 15) is 0 Å². The Bertz CT molecular complexity index is 1500. The van der Waals surface area contributed by atoms with Crippen molar-refractivity contribution >= 4 is 28.6 Å². The first-order valence-electron chi connectivity index (χ1n) is 12.8. The summed E-state index contributed by atoms with van der Waals surface area (Å²) < 4.78 is 36.2. The highest BCUT2D eigenvalue weighted by Crippen LogP contribution is 2.54. The lowest BCUT2D eigenvalue weighted by molar-refractivity contribution is -2.00. The molecule has 0 unspecified atom stereocenters. The van der Waals surface area contributed by atoms with Crippen molar-refractivity contribution in [2.24, 2.45) is 0 Å². The molecule has 1 aromatic heterocycles. The number of para-hydroxylation sites is 1. The minimum atomic E-state index is -4.94. The molecular formula is C33H26ClN2O4P. The molecule has 0 fully saturated rings. The normalized spacial score (nSPS) is 11.4. The number of hydrogen-bond donors (Lipinski definition) is 0. The molecule has 0 aliphatic carbocycles. The molecule has 6 rings (SSSR count). The van der Waals surface area contributed by atoms with E-state index in [2.05, 4.69) is 162 Å². The van der Waals surface area contributed by atoms with Crippen molar-refractivity contribution in [1.82, 2.24) is 9.55 Å². The number of nitrogens with zero attached hydrogens (tertiary/aromatic N) is 2. The molecule has 0 saturated carbocycles. The van der Waals surface area contributed by atoms with E-state index in [-0.39, 0.29) is 0 Å². The summed E-state index contributed by atoms with van der Waals surface area (Å²) in [7, 11) is -7.23. The Labute approximate surface area is 241 Å². The molecule has 41 heavy (non-hydrogen) atoms. The summed E-state index contributed by atoms with van der Waals surface area (Å²) in [5, 5.41) is 3.87. The molecule has 1 heterocycles. The zero-order chi connectivity index (χ0) is 28.7. The maximum Gasteiger partial charge on any atom is 0.216 e. The van der Waals surface area contributed by atoms with Crippen LogP contribution < -0.4 is 40.0 Å². The fourth-order valence-corrected chi connectivity index (χ4v) is 8.98. The second-order valence-electron chi connectivity index (χ2n) is 9.05. The van der Waals surface area contributed by atoms with Crippen molar-refractivity contribution < 1.29 is 28.9 Å². The van der Waals surface area contributed by atoms with Gasteiger partial charge in [0.25, 0.3) is 0 Å². The minimum absolute atomic E-state index is 0.948. The first kappa shape index (κ1) is 28.4. The van der Waals surface area contributed by atoms with Crippen molar-refractivity contribution in [3.63, 3.8) is 0 Å².